The van der Waals surface area contributed by atoms with Crippen LogP contribution in [0.1, 0.15) is 29.8 Å². The number of rotatable bonds is 1. The van der Waals surface area contributed by atoms with Crippen LogP contribution >= 0.6 is 15.9 Å². The average molecular weight is 271 g/mol. The molecule has 2 rings (SSSR count). The lowest BCUT2D eigenvalue weighted by Crippen LogP contribution is -2.39. The molecule has 1 aliphatic heterocycles. The Labute approximate surface area is 96.5 Å². The van der Waals surface area contributed by atoms with E-state index in [-0.39, 0.29) is 5.97 Å². The summed E-state index contributed by atoms with van der Waals surface area (Å²) in [6, 6.07) is 5.52. The van der Waals surface area contributed by atoms with E-state index >= 15 is 0 Å². The number of cyclic esters (lactones) is 1. The van der Waals surface area contributed by atoms with Crippen LogP contribution in [0, 0.1) is 0 Å². The first kappa shape index (κ1) is 10.5. The van der Waals surface area contributed by atoms with Crippen LogP contribution < -0.4 is 4.74 Å². The summed E-state index contributed by atoms with van der Waals surface area (Å²) < 4.78 is 10.7. The first-order valence-electron chi connectivity index (χ1n) is 4.64. The highest BCUT2D eigenvalue weighted by Crippen LogP contribution is 2.33. The van der Waals surface area contributed by atoms with Crippen LogP contribution in [0.5, 0.6) is 5.75 Å². The molecule has 0 fully saturated rings. The molecule has 3 nitrogen and oxygen atoms in total. The lowest BCUT2D eigenvalue weighted by atomic mass is 10.1. The van der Waals surface area contributed by atoms with E-state index in [0.717, 1.165) is 5.56 Å². The van der Waals surface area contributed by atoms with Crippen molar-refractivity contribution in [2.45, 2.75) is 25.0 Å². The highest BCUT2D eigenvalue weighted by Gasteiger charge is 2.34. The van der Waals surface area contributed by atoms with Gasteiger partial charge < -0.3 is 9.47 Å². The average Bonchev–Trinajstić information content (AvgIpc) is 2.14. The van der Waals surface area contributed by atoms with Crippen molar-refractivity contribution in [1.29, 1.82) is 0 Å². The van der Waals surface area contributed by atoms with Crippen molar-refractivity contribution >= 4 is 21.9 Å². The third kappa shape index (κ3) is 1.86. The van der Waals surface area contributed by atoms with Gasteiger partial charge in [0.25, 0.3) is 0 Å². The predicted octanol–water partition coefficient (Wildman–Crippen LogP) is 2.87. The van der Waals surface area contributed by atoms with E-state index in [2.05, 4.69) is 15.9 Å². The van der Waals surface area contributed by atoms with Gasteiger partial charge in [0.2, 0.25) is 5.79 Å². The molecular formula is C11H11BrO3. The van der Waals surface area contributed by atoms with Crippen molar-refractivity contribution in [1.82, 2.24) is 0 Å². The molecule has 15 heavy (non-hydrogen) atoms. The first-order valence-corrected chi connectivity index (χ1v) is 5.76. The van der Waals surface area contributed by atoms with Gasteiger partial charge in [-0.2, -0.15) is 0 Å². The lowest BCUT2D eigenvalue weighted by molar-refractivity contribution is -0.127. The molecule has 0 aliphatic carbocycles. The van der Waals surface area contributed by atoms with Gasteiger partial charge in [0.05, 0.1) is 0 Å². The van der Waals surface area contributed by atoms with Gasteiger partial charge in [-0.15, -0.1) is 0 Å². The Balaban J connectivity index is 2.54. The summed E-state index contributed by atoms with van der Waals surface area (Å²) in [5.74, 6) is -0.612. The van der Waals surface area contributed by atoms with E-state index in [1.165, 1.54) is 0 Å². The molecule has 0 saturated heterocycles. The molecule has 0 N–H and O–H groups in total. The quantitative estimate of drug-likeness (QED) is 0.582. The molecule has 1 aliphatic rings. The van der Waals surface area contributed by atoms with E-state index in [4.69, 9.17) is 9.47 Å². The summed E-state index contributed by atoms with van der Waals surface area (Å²) in [6.07, 6.45) is 0. The molecule has 1 aromatic rings. The predicted molar refractivity (Wildman–Crippen MR) is 59.2 cm³/mol. The summed E-state index contributed by atoms with van der Waals surface area (Å²) in [5, 5.41) is 0.606. The largest absolute Gasteiger partial charge is 0.452 e. The van der Waals surface area contributed by atoms with Crippen molar-refractivity contribution in [3.63, 3.8) is 0 Å². The number of fused-ring (bicyclic) bond motifs is 1. The van der Waals surface area contributed by atoms with Crippen LogP contribution in [0.3, 0.4) is 0 Å². The third-order valence-electron chi connectivity index (χ3n) is 2.15. The highest BCUT2D eigenvalue weighted by molar-refractivity contribution is 9.08. The minimum atomic E-state index is -0.880. The van der Waals surface area contributed by atoms with Gasteiger partial charge in [0.15, 0.2) is 0 Å². The van der Waals surface area contributed by atoms with Crippen molar-refractivity contribution < 1.29 is 14.3 Å². The zero-order valence-electron chi connectivity index (χ0n) is 8.54. The summed E-state index contributed by atoms with van der Waals surface area (Å²) in [4.78, 5) is 11.8. The molecule has 0 amide bonds. The molecule has 0 unspecified atom stereocenters. The molecule has 4 heteroatoms. The smallest absolute Gasteiger partial charge is 0.345 e. The summed E-state index contributed by atoms with van der Waals surface area (Å²) in [5.41, 5.74) is 1.40. The number of halogens is 1. The maximum Gasteiger partial charge on any atom is 0.345 e. The Morgan fingerprint density at radius 2 is 2.07 bits per heavy atom. The molecule has 0 aromatic heterocycles. The van der Waals surface area contributed by atoms with Gasteiger partial charge in [-0.3, -0.25) is 0 Å². The van der Waals surface area contributed by atoms with Crippen LogP contribution in [-0.4, -0.2) is 11.8 Å². The highest BCUT2D eigenvalue weighted by atomic mass is 79.9. The second-order valence-corrected chi connectivity index (χ2v) is 4.38. The van der Waals surface area contributed by atoms with Crippen molar-refractivity contribution in [2.24, 2.45) is 0 Å². The lowest BCUT2D eigenvalue weighted by Gasteiger charge is -2.32. The van der Waals surface area contributed by atoms with Crippen LogP contribution in [0.2, 0.25) is 0 Å². The zero-order valence-corrected chi connectivity index (χ0v) is 10.1. The SMILES string of the molecule is CC1(C)OC(=O)c2c(CBr)cccc2O1. The van der Waals surface area contributed by atoms with Gasteiger partial charge in [0, 0.05) is 19.2 Å². The summed E-state index contributed by atoms with van der Waals surface area (Å²) in [6.45, 7) is 3.43. The Morgan fingerprint density at radius 3 is 2.73 bits per heavy atom. The minimum Gasteiger partial charge on any atom is -0.452 e. The number of carbonyl (C=O) groups is 1. The fraction of sp³-hybridized carbons (Fsp3) is 0.364. The Hall–Kier alpha value is -1.03. The maximum atomic E-state index is 11.8. The Morgan fingerprint density at radius 1 is 1.33 bits per heavy atom. The number of hydrogen-bond acceptors (Lipinski definition) is 3. The minimum absolute atomic E-state index is 0.323. The van der Waals surface area contributed by atoms with Gasteiger partial charge in [-0.25, -0.2) is 4.79 Å². The molecule has 0 saturated carbocycles. The molecule has 0 bridgehead atoms. The molecule has 80 valence electrons. The molecule has 1 aromatic carbocycles. The number of esters is 1. The second-order valence-electron chi connectivity index (χ2n) is 3.82. The first-order chi connectivity index (χ1) is 7.03. The molecule has 1 heterocycles. The summed E-state index contributed by atoms with van der Waals surface area (Å²) >= 11 is 3.33. The van der Waals surface area contributed by atoms with Gasteiger partial charge in [-0.05, 0) is 11.6 Å². The fourth-order valence-corrected chi connectivity index (χ4v) is 2.03. The number of alkyl halides is 1. The van der Waals surface area contributed by atoms with Crippen LogP contribution in [-0.2, 0) is 10.1 Å². The van der Waals surface area contributed by atoms with Gasteiger partial charge >= 0.3 is 5.97 Å². The van der Waals surface area contributed by atoms with Crippen molar-refractivity contribution in [2.75, 3.05) is 0 Å². The zero-order chi connectivity index (χ0) is 11.1. The fourth-order valence-electron chi connectivity index (χ4n) is 1.56. The number of benzene rings is 1. The molecule has 0 radical (unpaired) electrons. The van der Waals surface area contributed by atoms with Crippen molar-refractivity contribution in [3.8, 4) is 5.75 Å². The topological polar surface area (TPSA) is 35.5 Å². The second kappa shape index (κ2) is 3.52. The maximum absolute atomic E-state index is 11.8. The standard InChI is InChI=1S/C11H11BrO3/c1-11(2)14-8-5-3-4-7(6-12)9(8)10(13)15-11/h3-5H,6H2,1-2H3. The van der Waals surface area contributed by atoms with Crippen LogP contribution in [0.4, 0.5) is 0 Å². The summed E-state index contributed by atoms with van der Waals surface area (Å²) in [7, 11) is 0. The molecule has 0 atom stereocenters. The van der Waals surface area contributed by atoms with Crippen molar-refractivity contribution in [3.05, 3.63) is 29.3 Å². The number of carbonyl (C=O) groups excluding carboxylic acids is 1. The van der Waals surface area contributed by atoms with Crippen LogP contribution in [0.25, 0.3) is 0 Å². The Bertz CT molecular complexity index is 412. The van der Waals surface area contributed by atoms with E-state index in [1.54, 1.807) is 19.9 Å². The van der Waals surface area contributed by atoms with E-state index in [1.807, 2.05) is 12.1 Å². The van der Waals surface area contributed by atoms with E-state index in [0.29, 0.717) is 16.6 Å². The number of hydrogen-bond donors (Lipinski definition) is 0. The third-order valence-corrected chi connectivity index (χ3v) is 2.76. The van der Waals surface area contributed by atoms with Crippen LogP contribution in [0.15, 0.2) is 18.2 Å². The number of ether oxygens (including phenoxy) is 2. The molecule has 0 spiro atoms. The van der Waals surface area contributed by atoms with E-state index in [9.17, 15) is 4.79 Å². The normalized spacial score (nSPS) is 17.7. The molecular weight excluding hydrogens is 260 g/mol. The Kier molecular flexibility index (Phi) is 2.46. The van der Waals surface area contributed by atoms with Gasteiger partial charge in [0.1, 0.15) is 11.3 Å². The van der Waals surface area contributed by atoms with E-state index < -0.39 is 5.79 Å². The monoisotopic (exact) mass is 270 g/mol. The van der Waals surface area contributed by atoms with Gasteiger partial charge in [-0.1, -0.05) is 28.1 Å².